The van der Waals surface area contributed by atoms with Crippen LogP contribution < -0.4 is 0 Å². The number of nitrogens with one attached hydrogen (secondary N) is 1. The molecule has 0 bridgehead atoms. The molecule has 1 aliphatic heterocycles. The van der Waals surface area contributed by atoms with Crippen molar-refractivity contribution in [2.24, 2.45) is 0 Å². The van der Waals surface area contributed by atoms with E-state index in [1.807, 2.05) is 30.3 Å². The van der Waals surface area contributed by atoms with Crippen molar-refractivity contribution in [1.82, 2.24) is 10.2 Å². The number of ether oxygens (including phenoxy) is 1. The number of hydrogen-bond donors (Lipinski definition) is 1. The number of benzene rings is 1. The lowest BCUT2D eigenvalue weighted by Gasteiger charge is -2.19. The summed E-state index contributed by atoms with van der Waals surface area (Å²) in [5, 5.41) is 6.97. The summed E-state index contributed by atoms with van der Waals surface area (Å²) in [5.74, 6) is -1.11. The summed E-state index contributed by atoms with van der Waals surface area (Å²) >= 11 is 0. The minimum Gasteiger partial charge on any atom is -0.393 e. The molecule has 5 nitrogen and oxygen atoms in total. The van der Waals surface area contributed by atoms with Crippen LogP contribution in [0.3, 0.4) is 0 Å². The molecule has 1 aliphatic rings. The zero-order chi connectivity index (χ0) is 13.2. The quantitative estimate of drug-likeness (QED) is 0.659. The Morgan fingerprint density at radius 1 is 1.11 bits per heavy atom. The SMILES string of the molecule is O=C1CC(c2cn[nH]c2-c2ccccc2)CC(=O)O1. The second-order valence-electron chi connectivity index (χ2n) is 4.52. The zero-order valence-electron chi connectivity index (χ0n) is 10.1. The predicted molar refractivity (Wildman–Crippen MR) is 67.1 cm³/mol. The Bertz CT molecular complexity index is 603. The van der Waals surface area contributed by atoms with E-state index in [9.17, 15) is 9.59 Å². The highest BCUT2D eigenvalue weighted by Crippen LogP contribution is 2.33. The Hall–Kier alpha value is -2.43. The average molecular weight is 256 g/mol. The van der Waals surface area contributed by atoms with Crippen LogP contribution in [0.15, 0.2) is 36.5 Å². The molecular formula is C14H12N2O3. The minimum absolute atomic E-state index is 0.164. The van der Waals surface area contributed by atoms with Gasteiger partial charge in [-0.25, -0.2) is 0 Å². The summed E-state index contributed by atoms with van der Waals surface area (Å²) < 4.78 is 4.55. The maximum atomic E-state index is 11.4. The van der Waals surface area contributed by atoms with E-state index < -0.39 is 11.9 Å². The first kappa shape index (κ1) is 11.6. The van der Waals surface area contributed by atoms with Gasteiger partial charge in [-0.15, -0.1) is 0 Å². The molecule has 19 heavy (non-hydrogen) atoms. The zero-order valence-corrected chi connectivity index (χ0v) is 10.1. The number of aromatic amines is 1. The van der Waals surface area contributed by atoms with Gasteiger partial charge in [-0.2, -0.15) is 5.10 Å². The summed E-state index contributed by atoms with van der Waals surface area (Å²) in [6, 6.07) is 9.71. The normalized spacial score (nSPS) is 16.4. The molecule has 0 saturated carbocycles. The number of rotatable bonds is 2. The summed E-state index contributed by atoms with van der Waals surface area (Å²) in [5.41, 5.74) is 2.73. The molecule has 5 heteroatoms. The molecular weight excluding hydrogens is 244 g/mol. The summed E-state index contributed by atoms with van der Waals surface area (Å²) in [6.45, 7) is 0. The van der Waals surface area contributed by atoms with Crippen LogP contribution in [-0.2, 0) is 14.3 Å². The highest BCUT2D eigenvalue weighted by Gasteiger charge is 2.30. The van der Waals surface area contributed by atoms with E-state index in [4.69, 9.17) is 0 Å². The number of carbonyl (C=O) groups excluding carboxylic acids is 2. The van der Waals surface area contributed by atoms with E-state index >= 15 is 0 Å². The van der Waals surface area contributed by atoms with Crippen molar-refractivity contribution >= 4 is 11.9 Å². The second-order valence-corrected chi connectivity index (χ2v) is 4.52. The van der Waals surface area contributed by atoms with E-state index in [1.54, 1.807) is 6.20 Å². The van der Waals surface area contributed by atoms with Crippen LogP contribution in [0.2, 0.25) is 0 Å². The molecule has 0 spiro atoms. The fraction of sp³-hybridized carbons (Fsp3) is 0.214. The first-order valence-corrected chi connectivity index (χ1v) is 6.06. The molecule has 2 aromatic rings. The van der Waals surface area contributed by atoms with Crippen LogP contribution >= 0.6 is 0 Å². The van der Waals surface area contributed by atoms with Crippen molar-refractivity contribution in [2.75, 3.05) is 0 Å². The third kappa shape index (κ3) is 2.27. The van der Waals surface area contributed by atoms with Crippen molar-refractivity contribution < 1.29 is 14.3 Å². The van der Waals surface area contributed by atoms with Crippen LogP contribution in [0.4, 0.5) is 0 Å². The molecule has 2 heterocycles. The second kappa shape index (κ2) is 4.68. The van der Waals surface area contributed by atoms with E-state index in [2.05, 4.69) is 14.9 Å². The number of aromatic nitrogens is 2. The minimum atomic E-state index is -0.471. The monoisotopic (exact) mass is 256 g/mol. The molecule has 1 fully saturated rings. The molecule has 0 unspecified atom stereocenters. The number of H-pyrrole nitrogens is 1. The number of nitrogens with zero attached hydrogens (tertiary/aromatic N) is 1. The molecule has 0 atom stereocenters. The van der Waals surface area contributed by atoms with Gasteiger partial charge < -0.3 is 4.74 Å². The van der Waals surface area contributed by atoms with Crippen molar-refractivity contribution in [1.29, 1.82) is 0 Å². The van der Waals surface area contributed by atoms with Crippen molar-refractivity contribution in [3.63, 3.8) is 0 Å². The van der Waals surface area contributed by atoms with Gasteiger partial charge in [-0.3, -0.25) is 14.7 Å². The molecule has 1 saturated heterocycles. The van der Waals surface area contributed by atoms with Gasteiger partial charge in [0, 0.05) is 11.5 Å². The Kier molecular flexibility index (Phi) is 2.87. The van der Waals surface area contributed by atoms with E-state index in [-0.39, 0.29) is 18.8 Å². The van der Waals surface area contributed by atoms with Crippen molar-refractivity contribution in [3.05, 3.63) is 42.1 Å². The third-order valence-electron chi connectivity index (χ3n) is 3.22. The Morgan fingerprint density at radius 3 is 2.47 bits per heavy atom. The Labute approximate surface area is 109 Å². The van der Waals surface area contributed by atoms with Crippen LogP contribution in [-0.4, -0.2) is 22.1 Å². The molecule has 0 radical (unpaired) electrons. The summed E-state index contributed by atoms with van der Waals surface area (Å²) in [7, 11) is 0. The Balaban J connectivity index is 1.96. The molecule has 1 N–H and O–H groups in total. The number of hydrogen-bond acceptors (Lipinski definition) is 4. The van der Waals surface area contributed by atoms with Gasteiger partial charge in [-0.1, -0.05) is 30.3 Å². The van der Waals surface area contributed by atoms with Crippen LogP contribution in [0.1, 0.15) is 24.3 Å². The van der Waals surface area contributed by atoms with Gasteiger partial charge in [0.2, 0.25) is 0 Å². The predicted octanol–water partition coefficient (Wildman–Crippen LogP) is 2.02. The first-order chi connectivity index (χ1) is 9.24. The number of cyclic esters (lactones) is 2. The van der Waals surface area contributed by atoms with Crippen molar-refractivity contribution in [3.8, 4) is 11.3 Å². The van der Waals surface area contributed by atoms with Gasteiger partial charge in [0.15, 0.2) is 0 Å². The van der Waals surface area contributed by atoms with E-state index in [0.29, 0.717) is 0 Å². The lowest BCUT2D eigenvalue weighted by atomic mass is 9.90. The van der Waals surface area contributed by atoms with Crippen LogP contribution in [0.5, 0.6) is 0 Å². The largest absolute Gasteiger partial charge is 0.393 e. The van der Waals surface area contributed by atoms with Gasteiger partial charge in [0.1, 0.15) is 0 Å². The molecule has 0 amide bonds. The summed E-state index contributed by atoms with van der Waals surface area (Å²) in [6.07, 6.45) is 2.11. The maximum Gasteiger partial charge on any atom is 0.314 e. The van der Waals surface area contributed by atoms with Gasteiger partial charge in [-0.05, 0) is 5.56 Å². The average Bonchev–Trinajstić information content (AvgIpc) is 2.88. The van der Waals surface area contributed by atoms with E-state index in [0.717, 1.165) is 16.8 Å². The third-order valence-corrected chi connectivity index (χ3v) is 3.22. The molecule has 3 rings (SSSR count). The summed E-state index contributed by atoms with van der Waals surface area (Å²) in [4.78, 5) is 22.7. The highest BCUT2D eigenvalue weighted by molar-refractivity contribution is 5.89. The standard InChI is InChI=1S/C14H12N2O3/c17-12-6-10(7-13(18)19-12)11-8-15-16-14(11)9-4-2-1-3-5-9/h1-5,8,10H,6-7H2,(H,15,16). The van der Waals surface area contributed by atoms with Gasteiger partial charge in [0.05, 0.1) is 24.7 Å². The maximum absolute atomic E-state index is 11.4. The number of carbonyl (C=O) groups is 2. The fourth-order valence-electron chi connectivity index (χ4n) is 2.35. The van der Waals surface area contributed by atoms with Crippen LogP contribution in [0, 0.1) is 0 Å². The van der Waals surface area contributed by atoms with Crippen LogP contribution in [0.25, 0.3) is 11.3 Å². The van der Waals surface area contributed by atoms with Gasteiger partial charge >= 0.3 is 11.9 Å². The Morgan fingerprint density at radius 2 is 1.79 bits per heavy atom. The fourth-order valence-corrected chi connectivity index (χ4v) is 2.35. The molecule has 96 valence electrons. The lowest BCUT2D eigenvalue weighted by molar-refractivity contribution is -0.163. The van der Waals surface area contributed by atoms with E-state index in [1.165, 1.54) is 0 Å². The topological polar surface area (TPSA) is 72.0 Å². The molecule has 1 aromatic carbocycles. The lowest BCUT2D eigenvalue weighted by Crippen LogP contribution is -2.24. The molecule has 1 aromatic heterocycles. The van der Waals surface area contributed by atoms with Gasteiger partial charge in [0.25, 0.3) is 0 Å². The number of esters is 2. The highest BCUT2D eigenvalue weighted by atomic mass is 16.6. The molecule has 0 aliphatic carbocycles. The first-order valence-electron chi connectivity index (χ1n) is 6.06. The van der Waals surface area contributed by atoms with Crippen molar-refractivity contribution in [2.45, 2.75) is 18.8 Å². The smallest absolute Gasteiger partial charge is 0.314 e.